The van der Waals surface area contributed by atoms with E-state index in [2.05, 4.69) is 4.74 Å². The second kappa shape index (κ2) is 6.93. The van der Waals surface area contributed by atoms with Crippen LogP contribution in [0.4, 0.5) is 4.79 Å². The van der Waals surface area contributed by atoms with Crippen LogP contribution in [0.25, 0.3) is 0 Å². The van der Waals surface area contributed by atoms with Gasteiger partial charge in [0, 0.05) is 38.7 Å². The van der Waals surface area contributed by atoms with Crippen molar-refractivity contribution >= 4 is 18.0 Å². The Bertz CT molecular complexity index is 579. The largest absolute Gasteiger partial charge is 0.453 e. The monoisotopic (exact) mass is 306 g/mol. The summed E-state index contributed by atoms with van der Waals surface area (Å²) < 4.78 is 9.63. The van der Waals surface area contributed by atoms with Gasteiger partial charge in [0.1, 0.15) is 5.75 Å². The summed E-state index contributed by atoms with van der Waals surface area (Å²) in [6.07, 6.45) is -0.385. The standard InChI is InChI=1S/C15H18N2O5/c1-11(18)22-13-5-3-4-12(10-13)14(19)16-6-8-17(9-7-16)15(20)21-2/h3-5,10H,6-9H2,1-2H3. The van der Waals surface area contributed by atoms with Crippen molar-refractivity contribution in [2.75, 3.05) is 33.3 Å². The van der Waals surface area contributed by atoms with E-state index < -0.39 is 5.97 Å². The lowest BCUT2D eigenvalue weighted by molar-refractivity contribution is -0.131. The van der Waals surface area contributed by atoms with Crippen LogP contribution in [0.3, 0.4) is 0 Å². The summed E-state index contributed by atoms with van der Waals surface area (Å²) in [5, 5.41) is 0. The van der Waals surface area contributed by atoms with Gasteiger partial charge in [-0.1, -0.05) is 6.07 Å². The third-order valence-corrected chi connectivity index (χ3v) is 3.34. The molecule has 2 amide bonds. The summed E-state index contributed by atoms with van der Waals surface area (Å²) in [6.45, 7) is 3.04. The van der Waals surface area contributed by atoms with E-state index >= 15 is 0 Å². The fourth-order valence-electron chi connectivity index (χ4n) is 2.26. The summed E-state index contributed by atoms with van der Waals surface area (Å²) in [4.78, 5) is 38.0. The molecule has 1 aromatic rings. The average molecular weight is 306 g/mol. The first kappa shape index (κ1) is 15.8. The maximum absolute atomic E-state index is 12.4. The van der Waals surface area contributed by atoms with Crippen molar-refractivity contribution in [2.45, 2.75) is 6.92 Å². The van der Waals surface area contributed by atoms with Gasteiger partial charge in [0.05, 0.1) is 7.11 Å². The molecule has 118 valence electrons. The third-order valence-electron chi connectivity index (χ3n) is 3.34. The zero-order chi connectivity index (χ0) is 16.1. The van der Waals surface area contributed by atoms with Gasteiger partial charge in [-0.3, -0.25) is 9.59 Å². The number of carbonyl (C=O) groups excluding carboxylic acids is 3. The molecule has 0 radical (unpaired) electrons. The van der Waals surface area contributed by atoms with Crippen LogP contribution in [0.15, 0.2) is 24.3 Å². The number of benzene rings is 1. The number of rotatable bonds is 2. The highest BCUT2D eigenvalue weighted by atomic mass is 16.5. The molecule has 1 aliphatic heterocycles. The van der Waals surface area contributed by atoms with Crippen molar-refractivity contribution in [1.82, 2.24) is 9.80 Å². The van der Waals surface area contributed by atoms with Gasteiger partial charge < -0.3 is 19.3 Å². The highest BCUT2D eigenvalue weighted by Gasteiger charge is 2.25. The number of ether oxygens (including phenoxy) is 2. The molecule has 0 atom stereocenters. The van der Waals surface area contributed by atoms with Crippen molar-refractivity contribution in [1.29, 1.82) is 0 Å². The molecule has 0 unspecified atom stereocenters. The van der Waals surface area contributed by atoms with Gasteiger partial charge in [0.2, 0.25) is 0 Å². The normalized spacial score (nSPS) is 14.5. The van der Waals surface area contributed by atoms with Crippen LogP contribution >= 0.6 is 0 Å². The van der Waals surface area contributed by atoms with Crippen molar-refractivity contribution in [3.05, 3.63) is 29.8 Å². The van der Waals surface area contributed by atoms with E-state index in [4.69, 9.17) is 4.74 Å². The summed E-state index contributed by atoms with van der Waals surface area (Å²) in [7, 11) is 1.33. The Balaban J connectivity index is 2.01. The van der Waals surface area contributed by atoms with E-state index in [1.54, 1.807) is 28.0 Å². The lowest BCUT2D eigenvalue weighted by Gasteiger charge is -2.33. The molecule has 1 aromatic carbocycles. The highest BCUT2D eigenvalue weighted by molar-refractivity contribution is 5.95. The molecule has 0 N–H and O–H groups in total. The summed E-state index contributed by atoms with van der Waals surface area (Å²) >= 11 is 0. The quantitative estimate of drug-likeness (QED) is 0.605. The van der Waals surface area contributed by atoms with Gasteiger partial charge in [0.25, 0.3) is 5.91 Å². The molecule has 2 rings (SSSR count). The summed E-state index contributed by atoms with van der Waals surface area (Å²) in [5.41, 5.74) is 0.449. The number of methoxy groups -OCH3 is 1. The van der Waals surface area contributed by atoms with Crippen LogP contribution in [-0.2, 0) is 9.53 Å². The number of amides is 2. The number of hydrogen-bond donors (Lipinski definition) is 0. The maximum Gasteiger partial charge on any atom is 0.409 e. The van der Waals surface area contributed by atoms with E-state index in [9.17, 15) is 14.4 Å². The van der Waals surface area contributed by atoms with Crippen molar-refractivity contribution in [2.24, 2.45) is 0 Å². The molecule has 0 bridgehead atoms. The van der Waals surface area contributed by atoms with Crippen LogP contribution in [-0.4, -0.2) is 61.1 Å². The fourth-order valence-corrected chi connectivity index (χ4v) is 2.26. The highest BCUT2D eigenvalue weighted by Crippen LogP contribution is 2.16. The first-order valence-corrected chi connectivity index (χ1v) is 6.92. The summed E-state index contributed by atoms with van der Waals surface area (Å²) in [6, 6.07) is 6.49. The van der Waals surface area contributed by atoms with E-state index in [0.29, 0.717) is 37.5 Å². The van der Waals surface area contributed by atoms with Crippen LogP contribution < -0.4 is 4.74 Å². The van der Waals surface area contributed by atoms with Crippen LogP contribution in [0, 0.1) is 0 Å². The minimum absolute atomic E-state index is 0.154. The van der Waals surface area contributed by atoms with Crippen LogP contribution in [0.2, 0.25) is 0 Å². The number of esters is 1. The Morgan fingerprint density at radius 2 is 1.68 bits per heavy atom. The molecule has 1 fully saturated rings. The summed E-state index contributed by atoms with van der Waals surface area (Å²) in [5.74, 6) is -0.249. The Kier molecular flexibility index (Phi) is 4.98. The predicted octanol–water partition coefficient (Wildman–Crippen LogP) is 1.14. The number of carbonyl (C=O) groups is 3. The zero-order valence-corrected chi connectivity index (χ0v) is 12.6. The van der Waals surface area contributed by atoms with Crippen molar-refractivity contribution in [3.8, 4) is 5.75 Å². The van der Waals surface area contributed by atoms with E-state index in [1.807, 2.05) is 0 Å². The Hall–Kier alpha value is -2.57. The van der Waals surface area contributed by atoms with Gasteiger partial charge in [-0.25, -0.2) is 4.79 Å². The molecular weight excluding hydrogens is 288 g/mol. The van der Waals surface area contributed by atoms with E-state index in [1.165, 1.54) is 20.1 Å². The Labute approximate surface area is 128 Å². The SMILES string of the molecule is COC(=O)N1CCN(C(=O)c2cccc(OC(C)=O)c2)CC1. The molecule has 7 nitrogen and oxygen atoms in total. The molecule has 0 aliphatic carbocycles. The first-order chi connectivity index (χ1) is 10.5. The molecule has 1 aliphatic rings. The van der Waals surface area contributed by atoms with Gasteiger partial charge in [-0.15, -0.1) is 0 Å². The Morgan fingerprint density at radius 1 is 1.05 bits per heavy atom. The predicted molar refractivity (Wildman–Crippen MR) is 77.6 cm³/mol. The molecule has 0 saturated carbocycles. The van der Waals surface area contributed by atoms with Crippen molar-refractivity contribution in [3.63, 3.8) is 0 Å². The molecule has 7 heteroatoms. The molecular formula is C15H18N2O5. The van der Waals surface area contributed by atoms with Crippen molar-refractivity contribution < 1.29 is 23.9 Å². The fraction of sp³-hybridized carbons (Fsp3) is 0.400. The zero-order valence-electron chi connectivity index (χ0n) is 12.6. The number of piperazine rings is 1. The second-order valence-electron chi connectivity index (χ2n) is 4.87. The van der Waals surface area contributed by atoms with Gasteiger partial charge in [0.15, 0.2) is 0 Å². The average Bonchev–Trinajstić information content (AvgIpc) is 2.53. The number of nitrogens with zero attached hydrogens (tertiary/aromatic N) is 2. The minimum Gasteiger partial charge on any atom is -0.453 e. The van der Waals surface area contributed by atoms with Gasteiger partial charge in [-0.2, -0.15) is 0 Å². The minimum atomic E-state index is -0.434. The van der Waals surface area contributed by atoms with Crippen LogP contribution in [0.1, 0.15) is 17.3 Å². The molecule has 0 spiro atoms. The number of hydrogen-bond acceptors (Lipinski definition) is 5. The van der Waals surface area contributed by atoms with Gasteiger partial charge in [-0.05, 0) is 18.2 Å². The second-order valence-corrected chi connectivity index (χ2v) is 4.87. The molecule has 1 saturated heterocycles. The smallest absolute Gasteiger partial charge is 0.409 e. The molecule has 22 heavy (non-hydrogen) atoms. The van der Waals surface area contributed by atoms with Gasteiger partial charge >= 0.3 is 12.1 Å². The van der Waals surface area contributed by atoms with E-state index in [-0.39, 0.29) is 12.0 Å². The lowest BCUT2D eigenvalue weighted by Crippen LogP contribution is -2.50. The topological polar surface area (TPSA) is 76.2 Å². The maximum atomic E-state index is 12.4. The third kappa shape index (κ3) is 3.75. The lowest BCUT2D eigenvalue weighted by atomic mass is 10.1. The molecule has 0 aromatic heterocycles. The Morgan fingerprint density at radius 3 is 2.27 bits per heavy atom. The molecule has 1 heterocycles. The van der Waals surface area contributed by atoms with Crippen LogP contribution in [0.5, 0.6) is 5.75 Å². The first-order valence-electron chi connectivity index (χ1n) is 6.92. The van der Waals surface area contributed by atoms with E-state index in [0.717, 1.165) is 0 Å².